The highest BCUT2D eigenvalue weighted by Gasteiger charge is 2.28. The molecule has 1 aromatic heterocycles. The monoisotopic (exact) mass is 532 g/mol. The minimum absolute atomic E-state index is 0. The molecule has 1 rings (SSSR count). The van der Waals surface area contributed by atoms with Gasteiger partial charge >= 0.3 is 6.18 Å². The average molecular weight is 532 g/mol. The first-order valence-electron chi connectivity index (χ1n) is 9.51. The second kappa shape index (κ2) is 14.6. The molecule has 0 spiro atoms. The highest BCUT2D eigenvalue weighted by atomic mass is 127. The summed E-state index contributed by atoms with van der Waals surface area (Å²) in [7, 11) is 0. The Bertz CT molecular complexity index is 584. The first kappa shape index (κ1) is 27.7. The van der Waals surface area contributed by atoms with E-state index >= 15 is 0 Å². The molecule has 10 heteroatoms. The quantitative estimate of drug-likeness (QED) is 0.230. The summed E-state index contributed by atoms with van der Waals surface area (Å²) in [4.78, 5) is 8.36. The fraction of sp³-hybridized carbons (Fsp3) is 0.684. The zero-order valence-electron chi connectivity index (χ0n) is 17.1. The van der Waals surface area contributed by atoms with Gasteiger partial charge in [0.15, 0.2) is 12.6 Å². The van der Waals surface area contributed by atoms with Gasteiger partial charge in [0.25, 0.3) is 0 Å². The van der Waals surface area contributed by atoms with Gasteiger partial charge in [-0.3, -0.25) is 0 Å². The van der Waals surface area contributed by atoms with E-state index < -0.39 is 12.8 Å². The molecule has 3 N–H and O–H groups in total. The summed E-state index contributed by atoms with van der Waals surface area (Å²) in [5, 5.41) is 15.7. The van der Waals surface area contributed by atoms with Gasteiger partial charge < -0.3 is 20.5 Å². The van der Waals surface area contributed by atoms with Gasteiger partial charge in [-0.15, -0.1) is 24.0 Å². The number of nitrogens with zero attached hydrogens (tertiary/aromatic N) is 2. The van der Waals surface area contributed by atoms with Crippen LogP contribution in [0.25, 0.3) is 0 Å². The summed E-state index contributed by atoms with van der Waals surface area (Å²) in [6.45, 7) is 6.79. The van der Waals surface area contributed by atoms with Crippen LogP contribution in [-0.4, -0.2) is 48.5 Å². The molecule has 168 valence electrons. The third-order valence-electron chi connectivity index (χ3n) is 3.85. The van der Waals surface area contributed by atoms with Crippen molar-refractivity contribution in [2.24, 2.45) is 16.8 Å². The predicted molar refractivity (Wildman–Crippen MR) is 119 cm³/mol. The molecule has 0 amide bonds. The molecule has 0 aliphatic rings. The van der Waals surface area contributed by atoms with Crippen molar-refractivity contribution in [3.8, 4) is 5.88 Å². The van der Waals surface area contributed by atoms with E-state index in [2.05, 4.69) is 39.2 Å². The van der Waals surface area contributed by atoms with Crippen LogP contribution >= 0.6 is 24.0 Å². The van der Waals surface area contributed by atoms with E-state index in [4.69, 9.17) is 0 Å². The number of hydrogen-bond donors (Lipinski definition) is 3. The van der Waals surface area contributed by atoms with Gasteiger partial charge in [-0.2, -0.15) is 13.2 Å². The molecule has 0 saturated carbocycles. The molecule has 0 radical (unpaired) electrons. The Kier molecular flexibility index (Phi) is 14.0. The molecule has 0 saturated heterocycles. The lowest BCUT2D eigenvalue weighted by Gasteiger charge is -2.20. The molecule has 0 aliphatic carbocycles. The van der Waals surface area contributed by atoms with Crippen LogP contribution in [0.4, 0.5) is 13.2 Å². The molecular formula is C19H32F3IN4O2. The van der Waals surface area contributed by atoms with Gasteiger partial charge in [0.2, 0.25) is 5.88 Å². The van der Waals surface area contributed by atoms with Crippen LogP contribution in [-0.2, 0) is 6.54 Å². The highest BCUT2D eigenvalue weighted by molar-refractivity contribution is 14.0. The maximum Gasteiger partial charge on any atom is 0.422 e. The number of rotatable bonds is 11. The van der Waals surface area contributed by atoms with Gasteiger partial charge in [-0.1, -0.05) is 19.9 Å². The van der Waals surface area contributed by atoms with Gasteiger partial charge in [0.1, 0.15) is 0 Å². The zero-order valence-corrected chi connectivity index (χ0v) is 19.5. The summed E-state index contributed by atoms with van der Waals surface area (Å²) < 4.78 is 41.0. The minimum atomic E-state index is -4.39. The topological polar surface area (TPSA) is 78.8 Å². The number of pyridine rings is 1. The normalized spacial score (nSPS) is 13.0. The summed E-state index contributed by atoms with van der Waals surface area (Å²) in [6, 6.07) is 3.04. The van der Waals surface area contributed by atoms with E-state index in [1.807, 2.05) is 6.92 Å². The molecule has 0 bridgehead atoms. The molecule has 6 nitrogen and oxygen atoms in total. The lowest BCUT2D eigenvalue weighted by molar-refractivity contribution is -0.154. The van der Waals surface area contributed by atoms with Crippen molar-refractivity contribution in [2.75, 3.05) is 26.3 Å². The second-order valence-corrected chi connectivity index (χ2v) is 6.99. The molecule has 0 fully saturated rings. The fourth-order valence-corrected chi connectivity index (χ4v) is 2.65. The molecule has 1 unspecified atom stereocenters. The third kappa shape index (κ3) is 13.5. The predicted octanol–water partition coefficient (Wildman–Crippen LogP) is 3.74. The van der Waals surface area contributed by atoms with Crippen molar-refractivity contribution in [2.45, 2.75) is 46.3 Å². The van der Waals surface area contributed by atoms with Crippen molar-refractivity contribution in [3.05, 3.63) is 23.9 Å². The Morgan fingerprint density at radius 3 is 2.52 bits per heavy atom. The van der Waals surface area contributed by atoms with Crippen molar-refractivity contribution in [1.29, 1.82) is 0 Å². The second-order valence-electron chi connectivity index (χ2n) is 6.99. The number of aliphatic imine (C=N–C) groups is 1. The Balaban J connectivity index is 0.00000784. The number of ether oxygens (including phenoxy) is 1. The highest BCUT2D eigenvalue weighted by Crippen LogP contribution is 2.17. The van der Waals surface area contributed by atoms with Gasteiger partial charge in [0.05, 0.1) is 6.54 Å². The van der Waals surface area contributed by atoms with Crippen molar-refractivity contribution >= 4 is 29.9 Å². The van der Waals surface area contributed by atoms with E-state index in [0.29, 0.717) is 37.4 Å². The van der Waals surface area contributed by atoms with Gasteiger partial charge in [0, 0.05) is 32.0 Å². The molecular weight excluding hydrogens is 500 g/mol. The van der Waals surface area contributed by atoms with Gasteiger partial charge in [-0.05, 0) is 37.2 Å². The van der Waals surface area contributed by atoms with Crippen LogP contribution in [0.15, 0.2) is 23.3 Å². The van der Waals surface area contributed by atoms with Crippen LogP contribution in [0.3, 0.4) is 0 Å². The van der Waals surface area contributed by atoms with Crippen molar-refractivity contribution in [3.63, 3.8) is 0 Å². The van der Waals surface area contributed by atoms with E-state index in [0.717, 1.165) is 18.4 Å². The molecule has 1 aromatic rings. The number of guanidine groups is 1. The third-order valence-corrected chi connectivity index (χ3v) is 3.85. The molecule has 29 heavy (non-hydrogen) atoms. The Morgan fingerprint density at radius 1 is 1.28 bits per heavy atom. The molecule has 1 atom stereocenters. The SMILES string of the molecule is CCNC(=NCc1ccc(OCC(F)(F)F)nc1)NCC(CCO)CC(C)C.I. The van der Waals surface area contributed by atoms with Crippen LogP contribution < -0.4 is 15.4 Å². The van der Waals surface area contributed by atoms with E-state index in [-0.39, 0.29) is 36.5 Å². The smallest absolute Gasteiger partial charge is 0.422 e. The number of nitrogens with one attached hydrogen (secondary N) is 2. The Hall–Kier alpha value is -1.30. The minimum Gasteiger partial charge on any atom is -0.468 e. The van der Waals surface area contributed by atoms with Crippen LogP contribution in [0.5, 0.6) is 5.88 Å². The lowest BCUT2D eigenvalue weighted by Crippen LogP contribution is -2.40. The van der Waals surface area contributed by atoms with Crippen molar-refractivity contribution in [1.82, 2.24) is 15.6 Å². The van der Waals surface area contributed by atoms with Crippen LogP contribution in [0.1, 0.15) is 39.2 Å². The number of alkyl halides is 3. The summed E-state index contributed by atoms with van der Waals surface area (Å²) in [5.41, 5.74) is 0.755. The first-order chi connectivity index (χ1) is 13.2. The summed E-state index contributed by atoms with van der Waals surface area (Å²) in [5.74, 6) is 1.46. The summed E-state index contributed by atoms with van der Waals surface area (Å²) >= 11 is 0. The Labute approximate surface area is 187 Å². The molecule has 0 aromatic carbocycles. The fourth-order valence-electron chi connectivity index (χ4n) is 2.65. The molecule has 0 aliphatic heterocycles. The average Bonchev–Trinajstić information content (AvgIpc) is 2.62. The standard InChI is InChI=1S/C19H31F3N4O2.HI/c1-4-23-18(25-10-15(7-8-27)9-14(2)3)26-12-16-5-6-17(24-11-16)28-13-19(20,21)22;/h5-6,11,14-15,27H,4,7-10,12-13H2,1-3H3,(H2,23,25,26);1H. The largest absolute Gasteiger partial charge is 0.468 e. The van der Waals surface area contributed by atoms with Gasteiger partial charge in [-0.25, -0.2) is 9.98 Å². The number of aliphatic hydroxyl groups is 1. The number of aromatic nitrogens is 1. The van der Waals surface area contributed by atoms with E-state index in [9.17, 15) is 18.3 Å². The number of halogens is 4. The zero-order chi connectivity index (χ0) is 21.0. The van der Waals surface area contributed by atoms with E-state index in [1.165, 1.54) is 12.3 Å². The number of hydrogen-bond acceptors (Lipinski definition) is 4. The summed E-state index contributed by atoms with van der Waals surface area (Å²) in [6.07, 6.45) is -1.20. The van der Waals surface area contributed by atoms with Crippen molar-refractivity contribution < 1.29 is 23.0 Å². The first-order valence-corrected chi connectivity index (χ1v) is 9.51. The van der Waals surface area contributed by atoms with Crippen LogP contribution in [0.2, 0.25) is 0 Å². The number of aliphatic hydroxyl groups excluding tert-OH is 1. The molecule has 1 heterocycles. The maximum absolute atomic E-state index is 12.2. The Morgan fingerprint density at radius 2 is 2.00 bits per heavy atom. The van der Waals surface area contributed by atoms with Crippen LogP contribution in [0, 0.1) is 11.8 Å². The maximum atomic E-state index is 12.2. The lowest BCUT2D eigenvalue weighted by atomic mass is 9.94. The van der Waals surface area contributed by atoms with E-state index in [1.54, 1.807) is 6.07 Å².